The van der Waals surface area contributed by atoms with Gasteiger partial charge in [-0.15, -0.1) is 24.0 Å². The highest BCUT2D eigenvalue weighted by Gasteiger charge is 2.58. The Bertz CT molecular complexity index is 399. The number of nitrogens with zero attached hydrogens (tertiary/aromatic N) is 1. The fraction of sp³-hybridized carbons (Fsp3) is 0.941. The van der Waals surface area contributed by atoms with Crippen molar-refractivity contribution in [1.29, 1.82) is 0 Å². The van der Waals surface area contributed by atoms with Gasteiger partial charge in [-0.3, -0.25) is 4.99 Å². The second kappa shape index (κ2) is 8.85. The molecule has 0 heterocycles. The molecule has 6 heteroatoms. The topological polar surface area (TPSA) is 54.9 Å². The molecule has 0 aromatic heterocycles. The molecule has 5 nitrogen and oxygen atoms in total. The van der Waals surface area contributed by atoms with Crippen LogP contribution in [-0.2, 0) is 9.47 Å². The van der Waals surface area contributed by atoms with Gasteiger partial charge in [0.1, 0.15) is 0 Å². The maximum atomic E-state index is 5.68. The molecule has 0 aromatic carbocycles. The molecule has 2 aliphatic rings. The first kappa shape index (κ1) is 21.0. The van der Waals surface area contributed by atoms with Gasteiger partial charge in [-0.25, -0.2) is 0 Å². The van der Waals surface area contributed by atoms with E-state index in [2.05, 4.69) is 43.3 Å². The Balaban J connectivity index is 0.00000264. The van der Waals surface area contributed by atoms with Gasteiger partial charge in [0.15, 0.2) is 5.96 Å². The summed E-state index contributed by atoms with van der Waals surface area (Å²) in [7, 11) is 1.80. The highest BCUT2D eigenvalue weighted by molar-refractivity contribution is 14.0. The van der Waals surface area contributed by atoms with Gasteiger partial charge in [0.05, 0.1) is 18.8 Å². The number of hydrogen-bond acceptors (Lipinski definition) is 3. The molecular weight excluding hydrogens is 405 g/mol. The lowest BCUT2D eigenvalue weighted by atomic mass is 9.56. The summed E-state index contributed by atoms with van der Waals surface area (Å²) >= 11 is 0. The summed E-state index contributed by atoms with van der Waals surface area (Å²) in [6.45, 7) is 11.9. The molecule has 2 N–H and O–H groups in total. The molecule has 0 spiro atoms. The van der Waals surface area contributed by atoms with Crippen molar-refractivity contribution in [1.82, 2.24) is 10.6 Å². The van der Waals surface area contributed by atoms with E-state index < -0.39 is 0 Å². The van der Waals surface area contributed by atoms with Crippen molar-refractivity contribution in [3.8, 4) is 0 Å². The van der Waals surface area contributed by atoms with E-state index >= 15 is 0 Å². The van der Waals surface area contributed by atoms with Gasteiger partial charge in [-0.2, -0.15) is 0 Å². The van der Waals surface area contributed by atoms with E-state index in [0.717, 1.165) is 31.4 Å². The molecule has 2 aliphatic carbocycles. The van der Waals surface area contributed by atoms with Crippen LogP contribution in [0, 0.1) is 11.3 Å². The molecule has 0 radical (unpaired) electrons. The standard InChI is InChI=1S/C17H33N3O2.HI/c1-6-18-15(19-9-10-22-12-13-7-8-13)20-14-11-17(4,21-5)16(14,2)3;/h13-14H,6-12H2,1-5H3,(H2,18,19,20);1H. The first-order valence-corrected chi connectivity index (χ1v) is 8.60. The smallest absolute Gasteiger partial charge is 0.191 e. The summed E-state index contributed by atoms with van der Waals surface area (Å²) in [6, 6.07) is 0.377. The van der Waals surface area contributed by atoms with Crippen LogP contribution in [0.1, 0.15) is 47.0 Å². The van der Waals surface area contributed by atoms with E-state index in [-0.39, 0.29) is 35.0 Å². The predicted molar refractivity (Wildman–Crippen MR) is 106 cm³/mol. The van der Waals surface area contributed by atoms with Gasteiger partial charge in [0, 0.05) is 31.7 Å². The lowest BCUT2D eigenvalue weighted by Gasteiger charge is -2.59. The summed E-state index contributed by atoms with van der Waals surface area (Å²) in [5, 5.41) is 6.87. The second-order valence-corrected chi connectivity index (χ2v) is 7.34. The zero-order chi connectivity index (χ0) is 16.2. The number of rotatable bonds is 8. The van der Waals surface area contributed by atoms with Crippen LogP contribution in [-0.4, -0.2) is 51.0 Å². The molecule has 0 bridgehead atoms. The molecule has 0 saturated heterocycles. The fourth-order valence-corrected chi connectivity index (χ4v) is 2.96. The third-order valence-corrected chi connectivity index (χ3v) is 5.49. The summed E-state index contributed by atoms with van der Waals surface area (Å²) in [5.41, 5.74) is 0.0236. The number of nitrogens with one attached hydrogen (secondary N) is 2. The minimum atomic E-state index is -0.0602. The van der Waals surface area contributed by atoms with Crippen LogP contribution in [0.5, 0.6) is 0 Å². The number of methoxy groups -OCH3 is 1. The van der Waals surface area contributed by atoms with Gasteiger partial charge >= 0.3 is 0 Å². The van der Waals surface area contributed by atoms with Crippen molar-refractivity contribution in [3.63, 3.8) is 0 Å². The number of guanidine groups is 1. The molecule has 2 unspecified atom stereocenters. The van der Waals surface area contributed by atoms with Gasteiger partial charge in [0.2, 0.25) is 0 Å². The van der Waals surface area contributed by atoms with Crippen molar-refractivity contribution in [2.75, 3.05) is 33.4 Å². The van der Waals surface area contributed by atoms with Crippen LogP contribution in [0.15, 0.2) is 4.99 Å². The molecule has 136 valence electrons. The molecule has 2 rings (SSSR count). The number of ether oxygens (including phenoxy) is 2. The molecule has 0 amide bonds. The van der Waals surface area contributed by atoms with Crippen molar-refractivity contribution in [3.05, 3.63) is 0 Å². The van der Waals surface area contributed by atoms with Crippen LogP contribution >= 0.6 is 24.0 Å². The monoisotopic (exact) mass is 439 g/mol. The van der Waals surface area contributed by atoms with Crippen molar-refractivity contribution in [2.24, 2.45) is 16.3 Å². The zero-order valence-electron chi connectivity index (χ0n) is 15.3. The molecule has 2 saturated carbocycles. The minimum absolute atomic E-state index is 0. The maximum absolute atomic E-state index is 5.68. The van der Waals surface area contributed by atoms with Gasteiger partial charge < -0.3 is 20.1 Å². The van der Waals surface area contributed by atoms with Gasteiger partial charge in [-0.05, 0) is 39.0 Å². The quantitative estimate of drug-likeness (QED) is 0.264. The predicted octanol–water partition coefficient (Wildman–Crippen LogP) is 2.79. The Morgan fingerprint density at radius 1 is 1.26 bits per heavy atom. The first-order chi connectivity index (χ1) is 10.4. The summed E-state index contributed by atoms with van der Waals surface area (Å²) in [6.07, 6.45) is 3.67. The average Bonchev–Trinajstić information content (AvgIpc) is 3.30. The van der Waals surface area contributed by atoms with E-state index in [9.17, 15) is 0 Å². The third kappa shape index (κ3) is 5.19. The largest absolute Gasteiger partial charge is 0.379 e. The molecule has 23 heavy (non-hydrogen) atoms. The molecule has 2 fully saturated rings. The Labute approximate surface area is 158 Å². The first-order valence-electron chi connectivity index (χ1n) is 8.60. The van der Waals surface area contributed by atoms with E-state index in [0.29, 0.717) is 19.2 Å². The highest BCUT2D eigenvalue weighted by atomic mass is 127. The third-order valence-electron chi connectivity index (χ3n) is 5.49. The Kier molecular flexibility index (Phi) is 8.07. The van der Waals surface area contributed by atoms with Crippen LogP contribution in [0.25, 0.3) is 0 Å². The molecule has 0 aliphatic heterocycles. The Morgan fingerprint density at radius 3 is 2.48 bits per heavy atom. The summed E-state index contributed by atoms with van der Waals surface area (Å²) in [4.78, 5) is 4.62. The van der Waals surface area contributed by atoms with Crippen LogP contribution in [0.3, 0.4) is 0 Å². The Morgan fingerprint density at radius 2 is 1.96 bits per heavy atom. The SMILES string of the molecule is CCNC(=NCCOCC1CC1)NC1CC(C)(OC)C1(C)C.I. The van der Waals surface area contributed by atoms with Crippen LogP contribution in [0.4, 0.5) is 0 Å². The number of aliphatic imine (C=N–C) groups is 1. The van der Waals surface area contributed by atoms with Crippen molar-refractivity contribution >= 4 is 29.9 Å². The van der Waals surface area contributed by atoms with Crippen LogP contribution in [0.2, 0.25) is 0 Å². The number of halogens is 1. The lowest BCUT2D eigenvalue weighted by Crippen LogP contribution is -2.69. The van der Waals surface area contributed by atoms with Gasteiger partial charge in [0.25, 0.3) is 0 Å². The van der Waals surface area contributed by atoms with E-state index in [4.69, 9.17) is 9.47 Å². The van der Waals surface area contributed by atoms with E-state index in [1.165, 1.54) is 12.8 Å². The van der Waals surface area contributed by atoms with E-state index in [1.807, 2.05) is 0 Å². The van der Waals surface area contributed by atoms with Gasteiger partial charge in [-0.1, -0.05) is 13.8 Å². The zero-order valence-corrected chi connectivity index (χ0v) is 17.6. The number of hydrogen-bond donors (Lipinski definition) is 2. The summed E-state index contributed by atoms with van der Waals surface area (Å²) in [5.74, 6) is 1.70. The fourth-order valence-electron chi connectivity index (χ4n) is 2.96. The van der Waals surface area contributed by atoms with Crippen molar-refractivity contribution < 1.29 is 9.47 Å². The second-order valence-electron chi connectivity index (χ2n) is 7.34. The highest BCUT2D eigenvalue weighted by Crippen LogP contribution is 2.51. The normalized spacial score (nSPS) is 29.4. The molecular formula is C17H34IN3O2. The van der Waals surface area contributed by atoms with Crippen molar-refractivity contribution in [2.45, 2.75) is 58.6 Å². The summed E-state index contributed by atoms with van der Waals surface area (Å²) < 4.78 is 11.3. The molecule has 2 atom stereocenters. The Hall–Kier alpha value is -0.0800. The molecule has 0 aromatic rings. The lowest BCUT2D eigenvalue weighted by molar-refractivity contribution is -0.176. The van der Waals surface area contributed by atoms with E-state index in [1.54, 1.807) is 7.11 Å². The minimum Gasteiger partial charge on any atom is -0.379 e. The maximum Gasteiger partial charge on any atom is 0.191 e. The average molecular weight is 439 g/mol. The van der Waals surface area contributed by atoms with Crippen LogP contribution < -0.4 is 10.6 Å².